The monoisotopic (exact) mass is 697 g/mol. The molecule has 1 fully saturated rings. The molecule has 2 unspecified atom stereocenters. The van der Waals surface area contributed by atoms with Crippen molar-refractivity contribution in [2.75, 3.05) is 7.11 Å². The van der Waals surface area contributed by atoms with Crippen molar-refractivity contribution in [3.63, 3.8) is 0 Å². The van der Waals surface area contributed by atoms with Crippen molar-refractivity contribution < 1.29 is 23.7 Å². The summed E-state index contributed by atoms with van der Waals surface area (Å²) in [4.78, 5) is 11.9. The Hall–Kier alpha value is -1.85. The fourth-order valence-corrected chi connectivity index (χ4v) is 7.98. The standard InChI is InChI=1S/C45H76O5/c1-6-7-8-9-10-11-12-16-19-22-25-37(3)42-31-32-44(50-42)43(48-35-39-27-29-41(47-5)30-28-39)26-23-20-17-14-13-15-18-21-24-36(2)33-40-34-38(4)49-45(40)46/h27-30,34,36-38,42-44H,6-26,31-33,35H2,1-5H3/t36-,37?,38-,42?,43+,44+/m0/s1. The number of hydrogen-bond donors (Lipinski definition) is 0. The molecule has 2 heterocycles. The fourth-order valence-electron chi connectivity index (χ4n) is 7.98. The molecule has 0 radical (unpaired) electrons. The minimum Gasteiger partial charge on any atom is -0.497 e. The van der Waals surface area contributed by atoms with Gasteiger partial charge in [-0.05, 0) is 74.6 Å². The summed E-state index contributed by atoms with van der Waals surface area (Å²) < 4.78 is 24.0. The van der Waals surface area contributed by atoms with Crippen LogP contribution in [0.3, 0.4) is 0 Å². The van der Waals surface area contributed by atoms with Crippen LogP contribution in [-0.4, -0.2) is 37.5 Å². The molecule has 0 N–H and O–H groups in total. The summed E-state index contributed by atoms with van der Waals surface area (Å²) >= 11 is 0. The number of methoxy groups -OCH3 is 1. The van der Waals surface area contributed by atoms with Crippen LogP contribution in [0.25, 0.3) is 0 Å². The molecule has 0 aromatic heterocycles. The Kier molecular flexibility index (Phi) is 22.1. The van der Waals surface area contributed by atoms with Crippen LogP contribution in [0, 0.1) is 11.8 Å². The van der Waals surface area contributed by atoms with E-state index in [2.05, 4.69) is 32.9 Å². The largest absolute Gasteiger partial charge is 0.497 e. The highest BCUT2D eigenvalue weighted by Gasteiger charge is 2.34. The summed E-state index contributed by atoms with van der Waals surface area (Å²) in [5.74, 6) is 1.96. The number of rotatable bonds is 30. The maximum absolute atomic E-state index is 11.9. The first kappa shape index (κ1) is 42.6. The molecule has 50 heavy (non-hydrogen) atoms. The molecule has 286 valence electrons. The lowest BCUT2D eigenvalue weighted by Gasteiger charge is -2.26. The average Bonchev–Trinajstić information content (AvgIpc) is 3.73. The number of esters is 1. The molecule has 1 saturated heterocycles. The molecule has 1 aromatic carbocycles. The zero-order chi connectivity index (χ0) is 35.8. The van der Waals surface area contributed by atoms with E-state index in [9.17, 15) is 4.79 Å². The van der Waals surface area contributed by atoms with Crippen LogP contribution in [0.2, 0.25) is 0 Å². The topological polar surface area (TPSA) is 54.0 Å². The number of carbonyl (C=O) groups excluding carboxylic acids is 1. The van der Waals surface area contributed by atoms with Gasteiger partial charge in [-0.1, -0.05) is 155 Å². The van der Waals surface area contributed by atoms with E-state index >= 15 is 0 Å². The van der Waals surface area contributed by atoms with Crippen molar-refractivity contribution in [3.05, 3.63) is 41.5 Å². The van der Waals surface area contributed by atoms with Crippen LogP contribution >= 0.6 is 0 Å². The highest BCUT2D eigenvalue weighted by atomic mass is 16.6. The highest BCUT2D eigenvalue weighted by molar-refractivity contribution is 5.90. The van der Waals surface area contributed by atoms with Gasteiger partial charge in [0.05, 0.1) is 32.0 Å². The number of cyclic esters (lactones) is 1. The predicted molar refractivity (Wildman–Crippen MR) is 209 cm³/mol. The fraction of sp³-hybridized carbons (Fsp3) is 0.800. The maximum atomic E-state index is 11.9. The summed E-state index contributed by atoms with van der Waals surface area (Å²) in [6.45, 7) is 9.55. The van der Waals surface area contributed by atoms with Gasteiger partial charge in [0.2, 0.25) is 0 Å². The van der Waals surface area contributed by atoms with E-state index in [1.165, 1.54) is 140 Å². The SMILES string of the molecule is CCCCCCCCCCCCC(C)C1CC[C@H]([C@@H](CCCCCCCCCC[C@H](C)CC2=C[C@H](C)OC2=O)OCc2ccc(OC)cc2)O1. The van der Waals surface area contributed by atoms with E-state index in [4.69, 9.17) is 18.9 Å². The molecular weight excluding hydrogens is 620 g/mol. The second-order valence-corrected chi connectivity index (χ2v) is 16.0. The molecule has 0 saturated carbocycles. The normalized spacial score (nSPS) is 20.9. The summed E-state index contributed by atoms with van der Waals surface area (Å²) in [5, 5.41) is 0. The molecule has 2 aliphatic rings. The van der Waals surface area contributed by atoms with Crippen LogP contribution in [0.1, 0.15) is 187 Å². The lowest BCUT2D eigenvalue weighted by atomic mass is 9.94. The summed E-state index contributed by atoms with van der Waals surface area (Å²) in [6, 6.07) is 8.29. The third-order valence-corrected chi connectivity index (χ3v) is 11.3. The summed E-state index contributed by atoms with van der Waals surface area (Å²) in [5.41, 5.74) is 2.08. The van der Waals surface area contributed by atoms with Gasteiger partial charge in [0.15, 0.2) is 0 Å². The third kappa shape index (κ3) is 17.6. The van der Waals surface area contributed by atoms with Crippen LogP contribution in [0.15, 0.2) is 35.9 Å². The molecule has 0 aliphatic carbocycles. The number of benzene rings is 1. The molecule has 2 aliphatic heterocycles. The molecular formula is C45H76O5. The molecule has 0 bridgehead atoms. The highest BCUT2D eigenvalue weighted by Crippen LogP contribution is 2.33. The van der Waals surface area contributed by atoms with Gasteiger partial charge in [0, 0.05) is 5.57 Å². The van der Waals surface area contributed by atoms with Crippen LogP contribution in [0.4, 0.5) is 0 Å². The lowest BCUT2D eigenvalue weighted by molar-refractivity contribution is -0.139. The third-order valence-electron chi connectivity index (χ3n) is 11.3. The van der Waals surface area contributed by atoms with Crippen LogP contribution in [0.5, 0.6) is 5.75 Å². The Morgan fingerprint density at radius 2 is 1.26 bits per heavy atom. The molecule has 6 atom stereocenters. The Labute approximate surface area is 308 Å². The summed E-state index contributed by atoms with van der Waals surface area (Å²) in [6.07, 6.45) is 33.7. The second-order valence-electron chi connectivity index (χ2n) is 16.0. The number of hydrogen-bond acceptors (Lipinski definition) is 5. The van der Waals surface area contributed by atoms with E-state index in [1.54, 1.807) is 7.11 Å². The van der Waals surface area contributed by atoms with E-state index in [1.807, 2.05) is 25.1 Å². The Balaban J connectivity index is 1.29. The Morgan fingerprint density at radius 3 is 1.82 bits per heavy atom. The van der Waals surface area contributed by atoms with E-state index < -0.39 is 0 Å². The van der Waals surface area contributed by atoms with Gasteiger partial charge in [0.25, 0.3) is 0 Å². The minimum atomic E-state index is -0.108. The Morgan fingerprint density at radius 1 is 0.720 bits per heavy atom. The van der Waals surface area contributed by atoms with Crippen molar-refractivity contribution in [2.45, 2.75) is 213 Å². The molecule has 5 heteroatoms. The van der Waals surface area contributed by atoms with Gasteiger partial charge in [-0.3, -0.25) is 0 Å². The number of unbranched alkanes of at least 4 members (excludes halogenated alkanes) is 16. The maximum Gasteiger partial charge on any atom is 0.334 e. The molecule has 1 aromatic rings. The first-order chi connectivity index (χ1) is 24.4. The van der Waals surface area contributed by atoms with Crippen molar-refractivity contribution in [1.29, 1.82) is 0 Å². The van der Waals surface area contributed by atoms with Gasteiger partial charge >= 0.3 is 5.97 Å². The van der Waals surface area contributed by atoms with Crippen LogP contribution < -0.4 is 4.74 Å². The number of carbonyl (C=O) groups is 1. The molecule has 0 amide bonds. The van der Waals surface area contributed by atoms with Gasteiger partial charge in [-0.15, -0.1) is 0 Å². The van der Waals surface area contributed by atoms with E-state index in [0.717, 1.165) is 30.6 Å². The first-order valence-electron chi connectivity index (χ1n) is 21.2. The average molecular weight is 697 g/mol. The molecule has 0 spiro atoms. The predicted octanol–water partition coefficient (Wildman–Crippen LogP) is 12.9. The Bertz CT molecular complexity index is 1030. The number of ether oxygens (including phenoxy) is 4. The van der Waals surface area contributed by atoms with Gasteiger partial charge in [-0.2, -0.15) is 0 Å². The first-order valence-corrected chi connectivity index (χ1v) is 21.2. The lowest BCUT2D eigenvalue weighted by Crippen LogP contribution is -2.30. The van der Waals surface area contributed by atoms with Crippen LogP contribution in [-0.2, 0) is 25.6 Å². The molecule has 5 nitrogen and oxygen atoms in total. The van der Waals surface area contributed by atoms with Crippen molar-refractivity contribution in [1.82, 2.24) is 0 Å². The molecule has 3 rings (SSSR count). The van der Waals surface area contributed by atoms with E-state index in [0.29, 0.717) is 24.5 Å². The zero-order valence-corrected chi connectivity index (χ0v) is 33.1. The van der Waals surface area contributed by atoms with Crippen molar-refractivity contribution >= 4 is 5.97 Å². The van der Waals surface area contributed by atoms with Crippen molar-refractivity contribution in [3.8, 4) is 5.75 Å². The van der Waals surface area contributed by atoms with Gasteiger partial charge < -0.3 is 18.9 Å². The van der Waals surface area contributed by atoms with Crippen molar-refractivity contribution in [2.24, 2.45) is 11.8 Å². The van der Waals surface area contributed by atoms with Gasteiger partial charge in [0.1, 0.15) is 11.9 Å². The summed E-state index contributed by atoms with van der Waals surface area (Å²) in [7, 11) is 1.71. The van der Waals surface area contributed by atoms with E-state index in [-0.39, 0.29) is 24.3 Å². The van der Waals surface area contributed by atoms with Gasteiger partial charge in [-0.25, -0.2) is 4.79 Å². The minimum absolute atomic E-state index is 0.0522. The quantitative estimate of drug-likeness (QED) is 0.0592. The second kappa shape index (κ2) is 26.0. The smallest absolute Gasteiger partial charge is 0.334 e. The zero-order valence-electron chi connectivity index (χ0n) is 33.1.